The first kappa shape index (κ1) is 22.8. The van der Waals surface area contributed by atoms with Crippen molar-refractivity contribution in [2.75, 3.05) is 0 Å². The van der Waals surface area contributed by atoms with Crippen LogP contribution < -0.4 is 79.5 Å². The summed E-state index contributed by atoms with van der Waals surface area (Å²) in [6, 6.07) is 36.1. The van der Waals surface area contributed by atoms with Gasteiger partial charge in [-0.05, 0) is 20.9 Å². The molecule has 4 aromatic carbocycles. The Labute approximate surface area is 222 Å². The number of fused-ring (bicyclic) bond motifs is 6. The normalized spacial score (nSPS) is 14.1. The molecule has 0 atom stereocenters. The van der Waals surface area contributed by atoms with Gasteiger partial charge >= 0.3 is 37.7 Å². The smallest absolute Gasteiger partial charge is 0.147 e. The van der Waals surface area contributed by atoms with Crippen molar-refractivity contribution in [1.29, 1.82) is 0 Å². The fourth-order valence-electron chi connectivity index (χ4n) is 5.15. The predicted molar refractivity (Wildman–Crippen MR) is 132 cm³/mol. The predicted octanol–water partition coefficient (Wildman–Crippen LogP) is -5.84. The maximum atomic E-state index is 3.29. The number of benzene rings is 4. The summed E-state index contributed by atoms with van der Waals surface area (Å²) < 4.78 is 0. The Balaban J connectivity index is 0.000000134. The van der Waals surface area contributed by atoms with Crippen molar-refractivity contribution in [3.63, 3.8) is 0 Å². The summed E-state index contributed by atoms with van der Waals surface area (Å²) in [7, 11) is 0. The number of hydrogen-bond acceptors (Lipinski definition) is 0. The monoisotopic (exact) mass is 416 g/mol. The van der Waals surface area contributed by atoms with Crippen LogP contribution in [0.3, 0.4) is 0 Å². The van der Waals surface area contributed by atoms with Gasteiger partial charge < -0.3 is 0 Å². The first-order valence-corrected chi connectivity index (χ1v) is 11.0. The molecule has 0 aromatic heterocycles. The number of rotatable bonds is 0. The fourth-order valence-corrected chi connectivity index (χ4v) is 5.15. The first-order valence-electron chi connectivity index (χ1n) is 11.0. The van der Waals surface area contributed by atoms with Crippen molar-refractivity contribution in [2.45, 2.75) is 0 Å². The van der Waals surface area contributed by atoms with E-state index in [0.717, 1.165) is 0 Å². The van der Waals surface area contributed by atoms with Gasteiger partial charge in [0.15, 0.2) is 0 Å². The van der Waals surface area contributed by atoms with E-state index in [1.807, 2.05) is 12.1 Å². The maximum Gasteiger partial charge on any atom is 1.00 e. The summed E-state index contributed by atoms with van der Waals surface area (Å²) in [4.78, 5) is 0. The maximum absolute atomic E-state index is 3.29. The van der Waals surface area contributed by atoms with Gasteiger partial charge in [-0.3, -0.25) is 0 Å². The van der Waals surface area contributed by atoms with Gasteiger partial charge in [0.25, 0.3) is 0 Å². The molecule has 148 valence electrons. The molecular formula is C32H18Li2. The third kappa shape index (κ3) is 3.48. The number of hydrogen-bond donors (Lipinski definition) is 0. The van der Waals surface area contributed by atoms with Gasteiger partial charge in [0.1, 0.15) is 0 Å². The van der Waals surface area contributed by atoms with Crippen LogP contribution in [0, 0.1) is 12.1 Å². The molecule has 0 bridgehead atoms. The van der Waals surface area contributed by atoms with E-state index >= 15 is 0 Å². The summed E-state index contributed by atoms with van der Waals surface area (Å²) in [6.45, 7) is 0. The summed E-state index contributed by atoms with van der Waals surface area (Å²) in [5, 5.41) is 10.4. The third-order valence-electron chi connectivity index (χ3n) is 6.62. The summed E-state index contributed by atoms with van der Waals surface area (Å²) in [6.07, 6.45) is 9.04. The molecule has 0 saturated heterocycles. The van der Waals surface area contributed by atoms with Gasteiger partial charge in [-0.2, -0.15) is 0 Å². The molecule has 0 N–H and O–H groups in total. The minimum absolute atomic E-state index is 0. The van der Waals surface area contributed by atoms with E-state index in [1.54, 1.807) is 0 Å². The zero-order chi connectivity index (χ0) is 21.1. The molecule has 0 heterocycles. The molecule has 0 amide bonds. The molecule has 34 heavy (non-hydrogen) atoms. The van der Waals surface area contributed by atoms with Crippen molar-refractivity contribution in [1.82, 2.24) is 0 Å². The largest absolute Gasteiger partial charge is 1.00 e. The zero-order valence-corrected chi connectivity index (χ0v) is 19.4. The second-order valence-corrected chi connectivity index (χ2v) is 8.40. The van der Waals surface area contributed by atoms with Crippen LogP contribution in [-0.4, -0.2) is 0 Å². The molecule has 0 aliphatic heterocycles. The van der Waals surface area contributed by atoms with E-state index in [2.05, 4.69) is 109 Å². The molecule has 0 spiro atoms. The van der Waals surface area contributed by atoms with Gasteiger partial charge in [-0.25, -0.2) is 0 Å². The third-order valence-corrected chi connectivity index (χ3v) is 6.62. The fraction of sp³-hybridized carbons (Fsp3) is 0. The standard InChI is InChI=1S/2C16H9.2Li/c2*1-3-7-13-11(5-1)9-15-14-8-4-2-6-12(14)10-16(13)15;;/h2*1-5,7-10H;;/q2*-1;2*+1. The quantitative estimate of drug-likeness (QED) is 0.198. The van der Waals surface area contributed by atoms with Crippen LogP contribution >= 0.6 is 0 Å². The van der Waals surface area contributed by atoms with E-state index in [-0.39, 0.29) is 37.7 Å². The van der Waals surface area contributed by atoms with Crippen molar-refractivity contribution in [3.8, 4) is 0 Å². The van der Waals surface area contributed by atoms with Gasteiger partial charge in [0.2, 0.25) is 0 Å². The Morgan fingerprint density at radius 3 is 1.24 bits per heavy atom. The summed E-state index contributed by atoms with van der Waals surface area (Å²) >= 11 is 0. The molecule has 2 heteroatoms. The Bertz CT molecular complexity index is 1680. The van der Waals surface area contributed by atoms with Crippen molar-refractivity contribution in [3.05, 3.63) is 139 Å². The SMILES string of the molecule is [Li+].[Li+].[c-]1cccc2c1=CC1=c3ccccc3=CC=21.[c-]1cccc2c1=CC1=c3ccccc3=CC=21. The Kier molecular flexibility index (Phi) is 6.04. The van der Waals surface area contributed by atoms with Crippen LogP contribution in [0.4, 0.5) is 0 Å². The molecule has 4 aromatic rings. The van der Waals surface area contributed by atoms with Gasteiger partial charge in [0.05, 0.1) is 0 Å². The Morgan fingerprint density at radius 1 is 0.382 bits per heavy atom. The average molecular weight is 416 g/mol. The van der Waals surface area contributed by atoms with Crippen LogP contribution in [0.5, 0.6) is 0 Å². The molecule has 4 aliphatic carbocycles. The van der Waals surface area contributed by atoms with Gasteiger partial charge in [-0.1, -0.05) is 83.0 Å². The first-order chi connectivity index (χ1) is 15.9. The van der Waals surface area contributed by atoms with Crippen molar-refractivity contribution in [2.24, 2.45) is 0 Å². The van der Waals surface area contributed by atoms with E-state index < -0.39 is 0 Å². The Morgan fingerprint density at radius 2 is 0.765 bits per heavy atom. The van der Waals surface area contributed by atoms with Gasteiger partial charge in [0, 0.05) is 0 Å². The molecule has 0 fully saturated rings. The average Bonchev–Trinajstić information content (AvgIpc) is 3.57. The molecule has 0 nitrogen and oxygen atoms in total. The summed E-state index contributed by atoms with van der Waals surface area (Å²) in [5.41, 5.74) is 5.42. The second kappa shape index (κ2) is 9.00. The van der Waals surface area contributed by atoms with Crippen molar-refractivity contribution < 1.29 is 37.7 Å². The van der Waals surface area contributed by atoms with E-state index in [0.29, 0.717) is 0 Å². The van der Waals surface area contributed by atoms with E-state index in [9.17, 15) is 0 Å². The zero-order valence-electron chi connectivity index (χ0n) is 19.4. The second-order valence-electron chi connectivity index (χ2n) is 8.40. The topological polar surface area (TPSA) is 0 Å². The van der Waals surface area contributed by atoms with Crippen molar-refractivity contribution >= 4 is 46.6 Å². The summed E-state index contributed by atoms with van der Waals surface area (Å²) in [5.74, 6) is 0. The van der Waals surface area contributed by atoms with Crippen LogP contribution in [-0.2, 0) is 0 Å². The molecule has 0 saturated carbocycles. The minimum atomic E-state index is 0. The Hall–Kier alpha value is -2.97. The van der Waals surface area contributed by atoms with Crippen LogP contribution in [0.25, 0.3) is 46.6 Å². The van der Waals surface area contributed by atoms with E-state index in [4.69, 9.17) is 0 Å². The molecular weight excluding hydrogens is 398 g/mol. The van der Waals surface area contributed by atoms with Crippen LogP contribution in [0.15, 0.2) is 84.9 Å². The van der Waals surface area contributed by atoms with Crippen LogP contribution in [0.1, 0.15) is 0 Å². The molecule has 0 radical (unpaired) electrons. The minimum Gasteiger partial charge on any atom is -0.147 e. The van der Waals surface area contributed by atoms with Crippen LogP contribution in [0.2, 0.25) is 0 Å². The molecule has 8 rings (SSSR count). The molecule has 0 unspecified atom stereocenters. The molecule has 4 aliphatic rings. The van der Waals surface area contributed by atoms with E-state index in [1.165, 1.54) is 64.0 Å². The van der Waals surface area contributed by atoms with Gasteiger partial charge in [-0.15, -0.1) is 81.6 Å².